The van der Waals surface area contributed by atoms with Gasteiger partial charge in [0.2, 0.25) is 0 Å². The number of aryl methyl sites for hydroxylation is 1. The zero-order valence-corrected chi connectivity index (χ0v) is 8.72. The predicted molar refractivity (Wildman–Crippen MR) is 57.2 cm³/mol. The molecule has 0 amide bonds. The van der Waals surface area contributed by atoms with E-state index in [2.05, 4.69) is 24.3 Å². The third-order valence-electron chi connectivity index (χ3n) is 4.17. The van der Waals surface area contributed by atoms with Gasteiger partial charge in [0, 0.05) is 24.4 Å². The Bertz CT molecular complexity index is 347. The maximum absolute atomic E-state index is 6.14. The lowest BCUT2D eigenvalue weighted by molar-refractivity contribution is 0.314. The van der Waals surface area contributed by atoms with Crippen LogP contribution in [0.15, 0.2) is 12.4 Å². The average molecular weight is 190 g/mol. The van der Waals surface area contributed by atoms with E-state index in [4.69, 9.17) is 5.73 Å². The molecule has 1 aromatic heterocycles. The molecule has 1 heterocycles. The molecule has 2 nitrogen and oxygen atoms in total. The van der Waals surface area contributed by atoms with Crippen molar-refractivity contribution in [1.82, 2.24) is 4.98 Å². The number of fused-ring (bicyclic) bond motifs is 1. The minimum absolute atomic E-state index is 0.298. The summed E-state index contributed by atoms with van der Waals surface area (Å²) in [4.78, 5) is 3.24. The monoisotopic (exact) mass is 190 g/mol. The third-order valence-corrected chi connectivity index (χ3v) is 4.17. The van der Waals surface area contributed by atoms with Gasteiger partial charge in [0.05, 0.1) is 0 Å². The molecule has 1 fully saturated rings. The molecule has 2 atom stereocenters. The van der Waals surface area contributed by atoms with Crippen molar-refractivity contribution in [3.8, 4) is 0 Å². The Hall–Kier alpha value is -0.760. The van der Waals surface area contributed by atoms with Crippen molar-refractivity contribution >= 4 is 0 Å². The van der Waals surface area contributed by atoms with Gasteiger partial charge in [-0.25, -0.2) is 0 Å². The molecule has 3 N–H and O–H groups in total. The molecule has 0 radical (unpaired) electrons. The largest absolute Gasteiger partial charge is 0.367 e. The molecular formula is C12H18N2. The molecule has 1 aromatic rings. The van der Waals surface area contributed by atoms with Crippen molar-refractivity contribution in [3.63, 3.8) is 0 Å². The van der Waals surface area contributed by atoms with Crippen molar-refractivity contribution in [2.45, 2.75) is 44.6 Å². The van der Waals surface area contributed by atoms with E-state index in [-0.39, 0.29) is 0 Å². The van der Waals surface area contributed by atoms with E-state index in [9.17, 15) is 0 Å². The molecule has 0 aliphatic heterocycles. The average Bonchev–Trinajstić information content (AvgIpc) is 2.75. The summed E-state index contributed by atoms with van der Waals surface area (Å²) in [5, 5.41) is 0. The Morgan fingerprint density at radius 3 is 2.86 bits per heavy atom. The minimum atomic E-state index is 0.298. The normalized spacial score (nSPS) is 30.0. The van der Waals surface area contributed by atoms with Crippen LogP contribution in [0, 0.1) is 5.41 Å². The Kier molecular flexibility index (Phi) is 1.61. The van der Waals surface area contributed by atoms with Crippen LogP contribution in [-0.2, 0) is 6.42 Å². The van der Waals surface area contributed by atoms with Gasteiger partial charge >= 0.3 is 0 Å². The van der Waals surface area contributed by atoms with Crippen LogP contribution in [0.2, 0.25) is 0 Å². The molecule has 0 saturated heterocycles. The summed E-state index contributed by atoms with van der Waals surface area (Å²) in [6, 6.07) is 0.298. The van der Waals surface area contributed by atoms with E-state index in [1.807, 2.05) is 0 Å². The molecule has 1 saturated carbocycles. The smallest absolute Gasteiger partial charge is 0.00853 e. The Morgan fingerprint density at radius 2 is 2.21 bits per heavy atom. The van der Waals surface area contributed by atoms with Crippen LogP contribution in [0.4, 0.5) is 0 Å². The summed E-state index contributed by atoms with van der Waals surface area (Å²) in [5.74, 6) is 0.609. The summed E-state index contributed by atoms with van der Waals surface area (Å²) in [7, 11) is 0. The van der Waals surface area contributed by atoms with Crippen LogP contribution in [0.1, 0.15) is 43.2 Å². The van der Waals surface area contributed by atoms with E-state index >= 15 is 0 Å². The van der Waals surface area contributed by atoms with Crippen LogP contribution in [0.3, 0.4) is 0 Å². The van der Waals surface area contributed by atoms with Gasteiger partial charge in [0.1, 0.15) is 0 Å². The number of aromatic nitrogens is 1. The Balaban J connectivity index is 2.05. The zero-order valence-electron chi connectivity index (χ0n) is 8.72. The molecule has 2 aliphatic carbocycles. The first kappa shape index (κ1) is 8.54. The molecular weight excluding hydrogens is 172 g/mol. The molecule has 0 bridgehead atoms. The van der Waals surface area contributed by atoms with E-state index in [1.165, 1.54) is 36.8 Å². The number of nitrogens with one attached hydrogen (secondary N) is 1. The van der Waals surface area contributed by atoms with Crippen molar-refractivity contribution in [1.29, 1.82) is 0 Å². The molecule has 1 spiro atoms. The first-order chi connectivity index (χ1) is 6.73. The number of hydrogen-bond acceptors (Lipinski definition) is 1. The van der Waals surface area contributed by atoms with Crippen LogP contribution in [-0.4, -0.2) is 11.0 Å². The van der Waals surface area contributed by atoms with Crippen LogP contribution in [0.5, 0.6) is 0 Å². The van der Waals surface area contributed by atoms with E-state index in [0.717, 1.165) is 0 Å². The number of aromatic amines is 1. The third kappa shape index (κ3) is 1.01. The fourth-order valence-electron chi connectivity index (χ4n) is 3.35. The van der Waals surface area contributed by atoms with E-state index in [1.54, 1.807) is 0 Å². The Labute approximate surface area is 84.9 Å². The lowest BCUT2D eigenvalue weighted by Gasteiger charge is -2.34. The van der Waals surface area contributed by atoms with Crippen LogP contribution >= 0.6 is 0 Å². The number of hydrogen-bond donors (Lipinski definition) is 2. The van der Waals surface area contributed by atoms with Gasteiger partial charge in [-0.3, -0.25) is 0 Å². The highest BCUT2D eigenvalue weighted by atomic mass is 14.7. The summed E-state index contributed by atoms with van der Waals surface area (Å²) in [6.45, 7) is 2.16. The highest BCUT2D eigenvalue weighted by molar-refractivity contribution is 5.36. The topological polar surface area (TPSA) is 41.8 Å². The second kappa shape index (κ2) is 2.63. The van der Waals surface area contributed by atoms with Crippen LogP contribution < -0.4 is 5.73 Å². The highest BCUT2D eigenvalue weighted by Gasteiger charge is 2.53. The second-order valence-electron chi connectivity index (χ2n) is 5.14. The summed E-state index contributed by atoms with van der Waals surface area (Å²) >= 11 is 0. The SMILES string of the molecule is CC(N)C1c2c[nH]cc2CCC12CC2. The molecule has 14 heavy (non-hydrogen) atoms. The number of rotatable bonds is 1. The van der Waals surface area contributed by atoms with Crippen molar-refractivity contribution in [2.24, 2.45) is 11.1 Å². The maximum Gasteiger partial charge on any atom is 0.00853 e. The van der Waals surface area contributed by atoms with Gasteiger partial charge in [-0.15, -0.1) is 0 Å². The molecule has 76 valence electrons. The fraction of sp³-hybridized carbons (Fsp3) is 0.667. The summed E-state index contributed by atoms with van der Waals surface area (Å²) in [6.07, 6.45) is 9.71. The second-order valence-corrected chi connectivity index (χ2v) is 5.14. The highest BCUT2D eigenvalue weighted by Crippen LogP contribution is 2.62. The maximum atomic E-state index is 6.14. The summed E-state index contributed by atoms with van der Waals surface area (Å²) < 4.78 is 0. The molecule has 0 aromatic carbocycles. The number of nitrogens with two attached hydrogens (primary N) is 1. The van der Waals surface area contributed by atoms with E-state index in [0.29, 0.717) is 17.4 Å². The van der Waals surface area contributed by atoms with Gasteiger partial charge in [0.15, 0.2) is 0 Å². The lowest BCUT2D eigenvalue weighted by Crippen LogP contribution is -2.34. The molecule has 2 heteroatoms. The van der Waals surface area contributed by atoms with Crippen molar-refractivity contribution < 1.29 is 0 Å². The van der Waals surface area contributed by atoms with Gasteiger partial charge in [-0.05, 0) is 49.1 Å². The lowest BCUT2D eigenvalue weighted by atomic mass is 9.71. The standard InChI is InChI=1S/C12H18N2/c1-8(13)11-10-7-14-6-9(10)2-3-12(11)4-5-12/h6-8,11,14H,2-5,13H2,1H3. The van der Waals surface area contributed by atoms with Crippen LogP contribution in [0.25, 0.3) is 0 Å². The summed E-state index contributed by atoms with van der Waals surface area (Å²) in [5.41, 5.74) is 9.74. The van der Waals surface area contributed by atoms with Gasteiger partial charge in [-0.2, -0.15) is 0 Å². The zero-order chi connectivity index (χ0) is 9.76. The fourth-order valence-corrected chi connectivity index (χ4v) is 3.35. The van der Waals surface area contributed by atoms with E-state index < -0.39 is 0 Å². The minimum Gasteiger partial charge on any atom is -0.367 e. The van der Waals surface area contributed by atoms with Gasteiger partial charge < -0.3 is 10.7 Å². The molecule has 2 aliphatic rings. The quantitative estimate of drug-likeness (QED) is 0.700. The van der Waals surface area contributed by atoms with Crippen molar-refractivity contribution in [3.05, 3.63) is 23.5 Å². The molecule has 2 unspecified atom stereocenters. The first-order valence-corrected chi connectivity index (χ1v) is 5.64. The molecule has 3 rings (SSSR count). The first-order valence-electron chi connectivity index (χ1n) is 5.64. The van der Waals surface area contributed by atoms with Gasteiger partial charge in [0.25, 0.3) is 0 Å². The number of H-pyrrole nitrogens is 1. The van der Waals surface area contributed by atoms with Crippen molar-refractivity contribution in [2.75, 3.05) is 0 Å². The Morgan fingerprint density at radius 1 is 1.43 bits per heavy atom. The predicted octanol–water partition coefficient (Wildman–Crippen LogP) is 2.17. The van der Waals surface area contributed by atoms with Gasteiger partial charge in [-0.1, -0.05) is 0 Å².